The molecule has 0 fully saturated rings. The summed E-state index contributed by atoms with van der Waals surface area (Å²) >= 11 is 0. The van der Waals surface area contributed by atoms with Crippen molar-refractivity contribution < 1.29 is 17.9 Å². The third kappa shape index (κ3) is 3.29. The van der Waals surface area contributed by atoms with Gasteiger partial charge in [0, 0.05) is 0 Å². The molecule has 0 aliphatic heterocycles. The lowest BCUT2D eigenvalue weighted by Crippen LogP contribution is -2.07. The maximum absolute atomic E-state index is 12.7. The lowest BCUT2D eigenvalue weighted by molar-refractivity contribution is -0.137. The molecular formula is C12H13F3O. The second-order valence-corrected chi connectivity index (χ2v) is 3.35. The Hall–Kier alpha value is -1.45. The summed E-state index contributed by atoms with van der Waals surface area (Å²) < 4.78 is 42.9. The van der Waals surface area contributed by atoms with Crippen LogP contribution in [0.5, 0.6) is 0 Å². The summed E-state index contributed by atoms with van der Waals surface area (Å²) in [6, 6.07) is 4.21. The van der Waals surface area contributed by atoms with Gasteiger partial charge in [0.1, 0.15) is 0 Å². The van der Waals surface area contributed by atoms with Gasteiger partial charge in [0.25, 0.3) is 0 Å². The Kier molecular flexibility index (Phi) is 3.99. The maximum atomic E-state index is 12.7. The summed E-state index contributed by atoms with van der Waals surface area (Å²) in [7, 11) is 0. The second-order valence-electron chi connectivity index (χ2n) is 3.35. The molecule has 0 saturated heterocycles. The zero-order valence-corrected chi connectivity index (χ0v) is 9.14. The minimum absolute atomic E-state index is 0.117. The molecule has 1 rings (SSSR count). The topological polar surface area (TPSA) is 9.23 Å². The van der Waals surface area contributed by atoms with Gasteiger partial charge in [-0.05, 0) is 31.6 Å². The van der Waals surface area contributed by atoms with Crippen LogP contribution in [0, 0.1) is 6.92 Å². The Bertz CT molecular complexity index is 380. The molecular weight excluding hydrogens is 217 g/mol. The lowest BCUT2D eigenvalue weighted by atomic mass is 10.0. The van der Waals surface area contributed by atoms with E-state index < -0.39 is 11.7 Å². The molecule has 0 heterocycles. The van der Waals surface area contributed by atoms with Gasteiger partial charge in [0.05, 0.1) is 18.4 Å². The highest BCUT2D eigenvalue weighted by molar-refractivity contribution is 5.54. The third-order valence-corrected chi connectivity index (χ3v) is 2.02. The van der Waals surface area contributed by atoms with Crippen LogP contribution in [0.4, 0.5) is 13.2 Å². The predicted molar refractivity (Wildman–Crippen MR) is 56.8 cm³/mol. The van der Waals surface area contributed by atoms with Crippen LogP contribution in [0.2, 0.25) is 0 Å². The molecule has 16 heavy (non-hydrogen) atoms. The largest absolute Gasteiger partial charge is 0.501 e. The maximum Gasteiger partial charge on any atom is 0.416 e. The summed E-state index contributed by atoms with van der Waals surface area (Å²) in [5.41, 5.74) is 0.0656. The van der Waals surface area contributed by atoms with Crippen LogP contribution in [0.15, 0.2) is 24.5 Å². The fraction of sp³-hybridized carbons (Fsp3) is 0.333. The normalized spacial score (nSPS) is 12.1. The van der Waals surface area contributed by atoms with Gasteiger partial charge in [-0.1, -0.05) is 17.7 Å². The highest BCUT2D eigenvalue weighted by Crippen LogP contribution is 2.33. The van der Waals surface area contributed by atoms with Gasteiger partial charge >= 0.3 is 6.18 Å². The minimum Gasteiger partial charge on any atom is -0.501 e. The van der Waals surface area contributed by atoms with Crippen LogP contribution in [0.25, 0.3) is 6.08 Å². The fourth-order valence-electron chi connectivity index (χ4n) is 1.28. The monoisotopic (exact) mass is 230 g/mol. The molecule has 0 aliphatic rings. The molecule has 1 aromatic carbocycles. The molecule has 0 aromatic heterocycles. The molecule has 1 nitrogen and oxygen atoms in total. The van der Waals surface area contributed by atoms with E-state index in [4.69, 9.17) is 4.74 Å². The van der Waals surface area contributed by atoms with Crippen molar-refractivity contribution in [1.82, 2.24) is 0 Å². The summed E-state index contributed by atoms with van der Waals surface area (Å²) in [5.74, 6) is 0. The van der Waals surface area contributed by atoms with Gasteiger partial charge in [0.15, 0.2) is 0 Å². The lowest BCUT2D eigenvalue weighted by Gasteiger charge is -2.11. The molecule has 0 bridgehead atoms. The molecule has 88 valence electrons. The zero-order chi connectivity index (χ0) is 12.2. The molecule has 4 heteroatoms. The van der Waals surface area contributed by atoms with E-state index in [1.54, 1.807) is 19.9 Å². The highest BCUT2D eigenvalue weighted by Gasteiger charge is 2.32. The van der Waals surface area contributed by atoms with E-state index in [1.165, 1.54) is 18.4 Å². The van der Waals surface area contributed by atoms with Crippen LogP contribution in [0.1, 0.15) is 23.6 Å². The Morgan fingerprint density at radius 3 is 2.56 bits per heavy atom. The Labute approximate surface area is 92.5 Å². The summed E-state index contributed by atoms with van der Waals surface area (Å²) in [6.07, 6.45) is -1.73. The van der Waals surface area contributed by atoms with Gasteiger partial charge in [-0.25, -0.2) is 0 Å². The summed E-state index contributed by atoms with van der Waals surface area (Å²) in [5, 5.41) is 0. The smallest absolute Gasteiger partial charge is 0.416 e. The molecule has 0 unspecified atom stereocenters. The zero-order valence-electron chi connectivity index (χ0n) is 9.14. The average molecular weight is 230 g/mol. The van der Waals surface area contributed by atoms with Crippen LogP contribution < -0.4 is 0 Å². The van der Waals surface area contributed by atoms with Crippen LogP contribution >= 0.6 is 0 Å². The minimum atomic E-state index is -4.34. The molecule has 0 N–H and O–H groups in total. The van der Waals surface area contributed by atoms with E-state index >= 15 is 0 Å². The van der Waals surface area contributed by atoms with Gasteiger partial charge < -0.3 is 4.74 Å². The van der Waals surface area contributed by atoms with Crippen LogP contribution in [0.3, 0.4) is 0 Å². The van der Waals surface area contributed by atoms with Crippen molar-refractivity contribution in [2.24, 2.45) is 0 Å². The number of alkyl halides is 3. The summed E-state index contributed by atoms with van der Waals surface area (Å²) in [4.78, 5) is 0. The first-order valence-electron chi connectivity index (χ1n) is 4.91. The SMILES string of the molecule is CCO/C=C/c1ccc(C)cc1C(F)(F)F. The summed E-state index contributed by atoms with van der Waals surface area (Å²) in [6.45, 7) is 3.83. The highest BCUT2D eigenvalue weighted by atomic mass is 19.4. The molecule has 1 aromatic rings. The van der Waals surface area contributed by atoms with Crippen molar-refractivity contribution in [2.75, 3.05) is 6.61 Å². The first-order valence-corrected chi connectivity index (χ1v) is 4.91. The van der Waals surface area contributed by atoms with E-state index in [9.17, 15) is 13.2 Å². The standard InChI is InChI=1S/C12H13F3O/c1-3-16-7-6-10-5-4-9(2)8-11(10)12(13,14)15/h4-8H,3H2,1-2H3/b7-6+. The quantitative estimate of drug-likeness (QED) is 0.712. The van der Waals surface area contributed by atoms with Gasteiger partial charge in [0.2, 0.25) is 0 Å². The Morgan fingerprint density at radius 2 is 2.00 bits per heavy atom. The van der Waals surface area contributed by atoms with Crippen molar-refractivity contribution in [3.63, 3.8) is 0 Å². The number of ether oxygens (including phenoxy) is 1. The van der Waals surface area contributed by atoms with Gasteiger partial charge in [-0.3, -0.25) is 0 Å². The number of aryl methyl sites for hydroxylation is 1. The van der Waals surface area contributed by atoms with Crippen LogP contribution in [-0.4, -0.2) is 6.61 Å². The fourth-order valence-corrected chi connectivity index (χ4v) is 1.28. The second kappa shape index (κ2) is 5.05. The van der Waals surface area contributed by atoms with E-state index in [-0.39, 0.29) is 5.56 Å². The van der Waals surface area contributed by atoms with Crippen molar-refractivity contribution >= 4 is 6.08 Å². The van der Waals surface area contributed by atoms with Crippen molar-refractivity contribution in [3.8, 4) is 0 Å². The average Bonchev–Trinajstić information content (AvgIpc) is 2.19. The van der Waals surface area contributed by atoms with E-state index in [2.05, 4.69) is 0 Å². The number of benzene rings is 1. The van der Waals surface area contributed by atoms with Crippen molar-refractivity contribution in [3.05, 3.63) is 41.2 Å². The third-order valence-electron chi connectivity index (χ3n) is 2.02. The van der Waals surface area contributed by atoms with E-state index in [0.717, 1.165) is 6.07 Å². The van der Waals surface area contributed by atoms with E-state index in [1.807, 2.05) is 0 Å². The molecule has 0 spiro atoms. The van der Waals surface area contributed by atoms with Crippen molar-refractivity contribution in [2.45, 2.75) is 20.0 Å². The van der Waals surface area contributed by atoms with Gasteiger partial charge in [-0.2, -0.15) is 13.2 Å². The van der Waals surface area contributed by atoms with Crippen molar-refractivity contribution in [1.29, 1.82) is 0 Å². The molecule has 0 radical (unpaired) electrons. The number of hydrogen-bond acceptors (Lipinski definition) is 1. The molecule has 0 aliphatic carbocycles. The Balaban J connectivity index is 3.08. The first kappa shape index (κ1) is 12.6. The number of hydrogen-bond donors (Lipinski definition) is 0. The predicted octanol–water partition coefficient (Wildman–Crippen LogP) is 4.02. The van der Waals surface area contributed by atoms with E-state index in [0.29, 0.717) is 12.2 Å². The number of halogens is 3. The Morgan fingerprint density at radius 1 is 1.31 bits per heavy atom. The first-order chi connectivity index (χ1) is 7.45. The molecule has 0 saturated carbocycles. The number of rotatable bonds is 3. The van der Waals surface area contributed by atoms with Crippen LogP contribution in [-0.2, 0) is 10.9 Å². The van der Waals surface area contributed by atoms with Gasteiger partial charge in [-0.15, -0.1) is 0 Å². The molecule has 0 atom stereocenters. The molecule has 0 amide bonds.